The van der Waals surface area contributed by atoms with E-state index in [1.165, 1.54) is 4.31 Å². The molecule has 0 radical (unpaired) electrons. The zero-order valence-electron chi connectivity index (χ0n) is 20.0. The van der Waals surface area contributed by atoms with Crippen LogP contribution in [0.4, 0.5) is 0 Å². The molecular formula is C28H28ClN3O3S. The molecule has 0 fully saturated rings. The highest BCUT2D eigenvalue weighted by Crippen LogP contribution is 2.26. The second-order valence-corrected chi connectivity index (χ2v) is 10.5. The van der Waals surface area contributed by atoms with E-state index >= 15 is 0 Å². The summed E-state index contributed by atoms with van der Waals surface area (Å²) in [6.07, 6.45) is 7.29. The number of fused-ring (bicyclic) bond motifs is 1. The van der Waals surface area contributed by atoms with E-state index in [0.717, 1.165) is 22.3 Å². The SMILES string of the molecule is COc1ccc(CN(CCNCC=Cc2ccc(Cl)cc2)S(=O)(=O)c2cccc3cnccc23)cc1. The molecule has 0 atom stereocenters. The van der Waals surface area contributed by atoms with Crippen LogP contribution in [-0.4, -0.2) is 44.5 Å². The summed E-state index contributed by atoms with van der Waals surface area (Å²) in [5.74, 6) is 0.726. The van der Waals surface area contributed by atoms with Gasteiger partial charge in [-0.3, -0.25) is 4.98 Å². The van der Waals surface area contributed by atoms with Crippen LogP contribution >= 0.6 is 11.6 Å². The molecule has 8 heteroatoms. The highest BCUT2D eigenvalue weighted by molar-refractivity contribution is 7.89. The molecule has 0 spiro atoms. The van der Waals surface area contributed by atoms with Crippen LogP contribution in [0.5, 0.6) is 5.75 Å². The zero-order valence-corrected chi connectivity index (χ0v) is 21.5. The van der Waals surface area contributed by atoms with E-state index in [-0.39, 0.29) is 11.4 Å². The molecule has 0 aliphatic heterocycles. The lowest BCUT2D eigenvalue weighted by molar-refractivity contribution is 0.401. The van der Waals surface area contributed by atoms with E-state index in [1.807, 2.05) is 66.7 Å². The Labute approximate surface area is 217 Å². The summed E-state index contributed by atoms with van der Waals surface area (Å²) in [4.78, 5) is 4.40. The number of sulfonamides is 1. The number of nitrogens with zero attached hydrogens (tertiary/aromatic N) is 2. The molecule has 0 saturated carbocycles. The Morgan fingerprint density at radius 3 is 2.56 bits per heavy atom. The number of nitrogens with one attached hydrogen (secondary N) is 1. The Morgan fingerprint density at radius 1 is 1.03 bits per heavy atom. The van der Waals surface area contributed by atoms with Crippen LogP contribution in [0.25, 0.3) is 16.8 Å². The van der Waals surface area contributed by atoms with Crippen LogP contribution in [0.1, 0.15) is 11.1 Å². The summed E-state index contributed by atoms with van der Waals surface area (Å²) in [5, 5.41) is 5.46. The van der Waals surface area contributed by atoms with Crippen molar-refractivity contribution in [1.82, 2.24) is 14.6 Å². The minimum Gasteiger partial charge on any atom is -0.497 e. The lowest BCUT2D eigenvalue weighted by Gasteiger charge is -2.23. The average Bonchev–Trinajstić information content (AvgIpc) is 2.91. The van der Waals surface area contributed by atoms with Crippen molar-refractivity contribution < 1.29 is 13.2 Å². The second kappa shape index (κ2) is 12.1. The predicted octanol–water partition coefficient (Wildman–Crippen LogP) is 5.39. The maximum Gasteiger partial charge on any atom is 0.244 e. The average molecular weight is 522 g/mol. The molecule has 1 N–H and O–H groups in total. The van der Waals surface area contributed by atoms with E-state index < -0.39 is 10.0 Å². The van der Waals surface area contributed by atoms with Crippen molar-refractivity contribution in [3.05, 3.63) is 107 Å². The second-order valence-electron chi connectivity index (χ2n) is 8.20. The van der Waals surface area contributed by atoms with Crippen LogP contribution in [0.2, 0.25) is 5.02 Å². The maximum absolute atomic E-state index is 13.8. The van der Waals surface area contributed by atoms with E-state index in [4.69, 9.17) is 16.3 Å². The van der Waals surface area contributed by atoms with Gasteiger partial charge in [0, 0.05) is 54.4 Å². The van der Waals surface area contributed by atoms with Crippen LogP contribution in [-0.2, 0) is 16.6 Å². The molecule has 0 unspecified atom stereocenters. The Hall–Kier alpha value is -3.23. The van der Waals surface area contributed by atoms with Gasteiger partial charge in [-0.1, -0.05) is 60.2 Å². The quantitative estimate of drug-likeness (QED) is 0.268. The van der Waals surface area contributed by atoms with Gasteiger partial charge in [-0.15, -0.1) is 0 Å². The Kier molecular flexibility index (Phi) is 8.72. The topological polar surface area (TPSA) is 71.5 Å². The molecule has 6 nitrogen and oxygen atoms in total. The maximum atomic E-state index is 13.8. The highest BCUT2D eigenvalue weighted by atomic mass is 35.5. The van der Waals surface area contributed by atoms with Gasteiger partial charge in [-0.25, -0.2) is 8.42 Å². The van der Waals surface area contributed by atoms with Crippen LogP contribution in [0.15, 0.2) is 96.2 Å². The van der Waals surface area contributed by atoms with Gasteiger partial charge in [-0.05, 0) is 47.5 Å². The number of halogens is 1. The van der Waals surface area contributed by atoms with Gasteiger partial charge in [-0.2, -0.15) is 4.31 Å². The summed E-state index contributed by atoms with van der Waals surface area (Å²) in [6, 6.07) is 22.0. The van der Waals surface area contributed by atoms with Gasteiger partial charge in [0.1, 0.15) is 5.75 Å². The van der Waals surface area contributed by atoms with Crippen molar-refractivity contribution >= 4 is 38.5 Å². The molecule has 36 heavy (non-hydrogen) atoms. The summed E-state index contributed by atoms with van der Waals surface area (Å²) < 4.78 is 34.4. The fraction of sp³-hybridized carbons (Fsp3) is 0.179. The van der Waals surface area contributed by atoms with Crippen molar-refractivity contribution in [3.8, 4) is 5.75 Å². The number of rotatable bonds is 11. The molecule has 1 heterocycles. The molecule has 0 aliphatic carbocycles. The molecule has 0 bridgehead atoms. The minimum absolute atomic E-state index is 0.246. The largest absolute Gasteiger partial charge is 0.497 e. The molecule has 0 aliphatic rings. The fourth-order valence-corrected chi connectivity index (χ4v) is 5.60. The normalized spacial score (nSPS) is 12.0. The smallest absolute Gasteiger partial charge is 0.244 e. The third-order valence-electron chi connectivity index (χ3n) is 5.76. The van der Waals surface area contributed by atoms with Crippen LogP contribution < -0.4 is 10.1 Å². The molecule has 4 rings (SSSR count). The highest BCUT2D eigenvalue weighted by Gasteiger charge is 2.26. The Balaban J connectivity index is 1.50. The Morgan fingerprint density at radius 2 is 1.81 bits per heavy atom. The lowest BCUT2D eigenvalue weighted by Crippen LogP contribution is -2.36. The van der Waals surface area contributed by atoms with Crippen molar-refractivity contribution in [2.24, 2.45) is 0 Å². The van der Waals surface area contributed by atoms with Crippen LogP contribution in [0, 0.1) is 0 Å². The van der Waals surface area contributed by atoms with E-state index in [2.05, 4.69) is 10.3 Å². The molecule has 1 aromatic heterocycles. The third-order valence-corrected chi connectivity index (χ3v) is 7.91. The molecule has 3 aromatic carbocycles. The first-order valence-electron chi connectivity index (χ1n) is 11.6. The van der Waals surface area contributed by atoms with Gasteiger partial charge in [0.05, 0.1) is 12.0 Å². The predicted molar refractivity (Wildman–Crippen MR) is 146 cm³/mol. The molecule has 186 valence electrons. The number of benzene rings is 3. The van der Waals surface area contributed by atoms with E-state index in [9.17, 15) is 8.42 Å². The van der Waals surface area contributed by atoms with Crippen molar-refractivity contribution in [2.45, 2.75) is 11.4 Å². The first-order chi connectivity index (χ1) is 17.5. The fourth-order valence-electron chi connectivity index (χ4n) is 3.83. The number of methoxy groups -OCH3 is 1. The summed E-state index contributed by atoms with van der Waals surface area (Å²) in [7, 11) is -2.17. The summed E-state index contributed by atoms with van der Waals surface area (Å²) >= 11 is 5.93. The standard InChI is InChI=1S/C28H28ClN3O3S/c1-35-26-13-9-23(10-14-26)21-32(19-18-30-16-3-4-22-7-11-25(29)12-8-22)36(33,34)28-6-2-5-24-20-31-17-15-27(24)28/h2-15,17,20,30H,16,18-19,21H2,1H3. The third kappa shape index (κ3) is 6.50. The molecule has 0 saturated heterocycles. The zero-order chi connectivity index (χ0) is 25.4. The van der Waals surface area contributed by atoms with Gasteiger partial charge >= 0.3 is 0 Å². The molecule has 4 aromatic rings. The van der Waals surface area contributed by atoms with E-state index in [0.29, 0.717) is 30.0 Å². The number of hydrogen-bond donors (Lipinski definition) is 1. The molecular weight excluding hydrogens is 494 g/mol. The number of hydrogen-bond acceptors (Lipinski definition) is 5. The van der Waals surface area contributed by atoms with Gasteiger partial charge in [0.2, 0.25) is 10.0 Å². The van der Waals surface area contributed by atoms with Crippen molar-refractivity contribution in [2.75, 3.05) is 26.7 Å². The first-order valence-corrected chi connectivity index (χ1v) is 13.4. The van der Waals surface area contributed by atoms with Gasteiger partial charge in [0.25, 0.3) is 0 Å². The Bertz CT molecular complexity index is 1420. The minimum atomic E-state index is -3.78. The van der Waals surface area contributed by atoms with Crippen LogP contribution in [0.3, 0.4) is 0 Å². The lowest BCUT2D eigenvalue weighted by atomic mass is 10.2. The summed E-state index contributed by atoms with van der Waals surface area (Å²) in [6.45, 7) is 1.66. The first kappa shape index (κ1) is 25.9. The van der Waals surface area contributed by atoms with Crippen molar-refractivity contribution in [1.29, 1.82) is 0 Å². The van der Waals surface area contributed by atoms with E-state index in [1.54, 1.807) is 37.7 Å². The number of aromatic nitrogens is 1. The number of pyridine rings is 1. The van der Waals surface area contributed by atoms with Gasteiger partial charge in [0.15, 0.2) is 0 Å². The monoisotopic (exact) mass is 521 g/mol. The van der Waals surface area contributed by atoms with Gasteiger partial charge < -0.3 is 10.1 Å². The molecule has 0 amide bonds. The number of ether oxygens (including phenoxy) is 1. The van der Waals surface area contributed by atoms with Crippen molar-refractivity contribution in [3.63, 3.8) is 0 Å². The summed E-state index contributed by atoms with van der Waals surface area (Å²) in [5.41, 5.74) is 1.93.